The summed E-state index contributed by atoms with van der Waals surface area (Å²) in [6.07, 6.45) is 2.23. The number of rotatable bonds is 6. The van der Waals surface area contributed by atoms with Crippen LogP contribution >= 0.6 is 15.9 Å². The molecule has 0 radical (unpaired) electrons. The van der Waals surface area contributed by atoms with E-state index in [0.717, 1.165) is 49.2 Å². The number of anilines is 1. The van der Waals surface area contributed by atoms with E-state index in [1.54, 1.807) is 0 Å². The molecule has 1 aromatic rings. The van der Waals surface area contributed by atoms with Crippen molar-refractivity contribution in [3.63, 3.8) is 0 Å². The van der Waals surface area contributed by atoms with Crippen LogP contribution in [0.5, 0.6) is 0 Å². The van der Waals surface area contributed by atoms with Gasteiger partial charge in [0.1, 0.15) is 0 Å². The average Bonchev–Trinajstić information content (AvgIpc) is 3.38. The van der Waals surface area contributed by atoms with Crippen LogP contribution in [0.1, 0.15) is 19.8 Å². The van der Waals surface area contributed by atoms with Crippen LogP contribution < -0.4 is 10.6 Å². The summed E-state index contributed by atoms with van der Waals surface area (Å²) in [6.45, 7) is 5.61. The molecule has 1 saturated heterocycles. The highest BCUT2D eigenvalue weighted by molar-refractivity contribution is 9.10. The highest BCUT2D eigenvalue weighted by Crippen LogP contribution is 2.19. The SMILES string of the molecule is CC(C(=O)Nc1cccc(Br)c1)N1CCN(CC(=O)NC2CC2)CC1. The molecule has 0 bridgehead atoms. The second kappa shape index (κ2) is 8.29. The second-order valence-electron chi connectivity index (χ2n) is 6.83. The van der Waals surface area contributed by atoms with Gasteiger partial charge in [0.15, 0.2) is 0 Å². The van der Waals surface area contributed by atoms with Crippen LogP contribution in [0.2, 0.25) is 0 Å². The van der Waals surface area contributed by atoms with Gasteiger partial charge in [0.05, 0.1) is 12.6 Å². The first-order valence-corrected chi connectivity index (χ1v) is 9.63. The number of amides is 2. The van der Waals surface area contributed by atoms with Crippen LogP contribution in [0.4, 0.5) is 5.69 Å². The maximum atomic E-state index is 12.5. The second-order valence-corrected chi connectivity index (χ2v) is 7.75. The molecule has 1 saturated carbocycles. The molecule has 0 aromatic heterocycles. The molecule has 1 atom stereocenters. The topological polar surface area (TPSA) is 64.7 Å². The van der Waals surface area contributed by atoms with E-state index in [1.807, 2.05) is 31.2 Å². The Morgan fingerprint density at radius 1 is 1.24 bits per heavy atom. The molecule has 3 rings (SSSR count). The van der Waals surface area contributed by atoms with Gasteiger partial charge in [-0.05, 0) is 38.0 Å². The van der Waals surface area contributed by atoms with Crippen molar-refractivity contribution in [2.45, 2.75) is 31.8 Å². The van der Waals surface area contributed by atoms with E-state index in [0.29, 0.717) is 12.6 Å². The number of nitrogens with zero attached hydrogens (tertiary/aromatic N) is 2. The molecule has 1 aromatic carbocycles. The van der Waals surface area contributed by atoms with Gasteiger partial charge < -0.3 is 10.6 Å². The number of benzene rings is 1. The van der Waals surface area contributed by atoms with Crippen molar-refractivity contribution < 1.29 is 9.59 Å². The predicted molar refractivity (Wildman–Crippen MR) is 101 cm³/mol. The summed E-state index contributed by atoms with van der Waals surface area (Å²) in [6, 6.07) is 7.82. The molecule has 136 valence electrons. The molecular weight excluding hydrogens is 384 g/mol. The molecule has 1 aliphatic heterocycles. The minimum atomic E-state index is -0.193. The predicted octanol–water partition coefficient (Wildman–Crippen LogP) is 1.67. The standard InChI is InChI=1S/C18H25BrN4O2/c1-13(18(25)21-16-4-2-3-14(19)11-16)23-9-7-22(8-10-23)12-17(24)20-15-5-6-15/h2-4,11,13,15H,5-10,12H2,1H3,(H,20,24)(H,21,25). The van der Waals surface area contributed by atoms with Gasteiger partial charge in [0.2, 0.25) is 11.8 Å². The molecule has 2 aliphatic rings. The number of carbonyl (C=O) groups is 2. The van der Waals surface area contributed by atoms with E-state index in [-0.39, 0.29) is 17.9 Å². The molecule has 1 aliphatic carbocycles. The number of hydrogen-bond acceptors (Lipinski definition) is 4. The van der Waals surface area contributed by atoms with Crippen molar-refractivity contribution >= 4 is 33.4 Å². The molecule has 2 amide bonds. The van der Waals surface area contributed by atoms with Crippen LogP contribution in [0.15, 0.2) is 28.7 Å². The van der Waals surface area contributed by atoms with Gasteiger partial charge in [-0.15, -0.1) is 0 Å². The largest absolute Gasteiger partial charge is 0.352 e. The Labute approximate surface area is 157 Å². The normalized spacial score (nSPS) is 20.1. The number of hydrogen-bond donors (Lipinski definition) is 2. The maximum absolute atomic E-state index is 12.5. The lowest BCUT2D eigenvalue weighted by Gasteiger charge is -2.37. The Morgan fingerprint density at radius 3 is 2.60 bits per heavy atom. The fraction of sp³-hybridized carbons (Fsp3) is 0.556. The van der Waals surface area contributed by atoms with Crippen molar-refractivity contribution in [1.29, 1.82) is 0 Å². The molecule has 1 heterocycles. The summed E-state index contributed by atoms with van der Waals surface area (Å²) >= 11 is 3.41. The molecule has 6 nitrogen and oxygen atoms in total. The summed E-state index contributed by atoms with van der Waals surface area (Å²) in [7, 11) is 0. The average molecular weight is 409 g/mol. The fourth-order valence-electron chi connectivity index (χ4n) is 2.99. The van der Waals surface area contributed by atoms with Crippen LogP contribution in [0.25, 0.3) is 0 Å². The third-order valence-electron chi connectivity index (χ3n) is 4.74. The summed E-state index contributed by atoms with van der Waals surface area (Å²) in [5.41, 5.74) is 0.793. The molecule has 2 N–H and O–H groups in total. The Morgan fingerprint density at radius 2 is 1.96 bits per heavy atom. The first kappa shape index (κ1) is 18.4. The first-order chi connectivity index (χ1) is 12.0. The quantitative estimate of drug-likeness (QED) is 0.751. The highest BCUT2D eigenvalue weighted by atomic mass is 79.9. The van der Waals surface area contributed by atoms with Gasteiger partial charge in [-0.3, -0.25) is 19.4 Å². The van der Waals surface area contributed by atoms with Crippen molar-refractivity contribution in [3.8, 4) is 0 Å². The number of piperazine rings is 1. The minimum absolute atomic E-state index is 0.00183. The molecule has 25 heavy (non-hydrogen) atoms. The van der Waals surface area contributed by atoms with Crippen molar-refractivity contribution in [1.82, 2.24) is 15.1 Å². The third-order valence-corrected chi connectivity index (χ3v) is 5.23. The van der Waals surface area contributed by atoms with E-state index in [1.165, 1.54) is 0 Å². The zero-order valence-electron chi connectivity index (χ0n) is 14.5. The summed E-state index contributed by atoms with van der Waals surface area (Å²) < 4.78 is 0.941. The highest BCUT2D eigenvalue weighted by Gasteiger charge is 2.28. The number of nitrogens with one attached hydrogen (secondary N) is 2. The number of carbonyl (C=O) groups excluding carboxylic acids is 2. The van der Waals surface area contributed by atoms with Gasteiger partial charge in [0.25, 0.3) is 0 Å². The molecule has 7 heteroatoms. The maximum Gasteiger partial charge on any atom is 0.241 e. The summed E-state index contributed by atoms with van der Waals surface area (Å²) in [4.78, 5) is 28.7. The van der Waals surface area contributed by atoms with Crippen LogP contribution in [-0.4, -0.2) is 66.4 Å². The van der Waals surface area contributed by atoms with E-state index in [2.05, 4.69) is 36.4 Å². The molecule has 0 spiro atoms. The first-order valence-electron chi connectivity index (χ1n) is 8.83. The molecule has 2 fully saturated rings. The third kappa shape index (κ3) is 5.52. The van der Waals surface area contributed by atoms with Gasteiger partial charge in [0, 0.05) is 42.4 Å². The minimum Gasteiger partial charge on any atom is -0.352 e. The van der Waals surface area contributed by atoms with Gasteiger partial charge in [-0.1, -0.05) is 22.0 Å². The lowest BCUT2D eigenvalue weighted by atomic mass is 10.2. The zero-order valence-corrected chi connectivity index (χ0v) is 16.1. The molecular formula is C18H25BrN4O2. The van der Waals surface area contributed by atoms with Crippen LogP contribution in [0.3, 0.4) is 0 Å². The van der Waals surface area contributed by atoms with Gasteiger partial charge in [-0.25, -0.2) is 0 Å². The lowest BCUT2D eigenvalue weighted by Crippen LogP contribution is -2.54. The van der Waals surface area contributed by atoms with E-state index >= 15 is 0 Å². The van der Waals surface area contributed by atoms with Crippen LogP contribution in [-0.2, 0) is 9.59 Å². The number of halogens is 1. The van der Waals surface area contributed by atoms with E-state index in [9.17, 15) is 9.59 Å². The Kier molecular flexibility index (Phi) is 6.09. The zero-order chi connectivity index (χ0) is 17.8. The monoisotopic (exact) mass is 408 g/mol. The summed E-state index contributed by atoms with van der Waals surface area (Å²) in [5, 5.41) is 5.99. The summed E-state index contributed by atoms with van der Waals surface area (Å²) in [5.74, 6) is 0.120. The molecule has 1 unspecified atom stereocenters. The van der Waals surface area contributed by atoms with Crippen LogP contribution in [0, 0.1) is 0 Å². The lowest BCUT2D eigenvalue weighted by molar-refractivity contribution is -0.124. The van der Waals surface area contributed by atoms with E-state index < -0.39 is 0 Å². The van der Waals surface area contributed by atoms with Gasteiger partial charge >= 0.3 is 0 Å². The fourth-order valence-corrected chi connectivity index (χ4v) is 3.39. The van der Waals surface area contributed by atoms with Gasteiger partial charge in [-0.2, -0.15) is 0 Å². The van der Waals surface area contributed by atoms with E-state index in [4.69, 9.17) is 0 Å². The van der Waals surface area contributed by atoms with Crippen molar-refractivity contribution in [2.75, 3.05) is 38.0 Å². The smallest absolute Gasteiger partial charge is 0.241 e. The Hall–Kier alpha value is -1.44. The van der Waals surface area contributed by atoms with Crippen molar-refractivity contribution in [2.24, 2.45) is 0 Å². The van der Waals surface area contributed by atoms with Crippen molar-refractivity contribution in [3.05, 3.63) is 28.7 Å². The Balaban J connectivity index is 1.43. The Bertz CT molecular complexity index is 627.